The summed E-state index contributed by atoms with van der Waals surface area (Å²) in [5.74, 6) is 0.148. The van der Waals surface area contributed by atoms with Crippen LogP contribution < -0.4 is 5.32 Å². The van der Waals surface area contributed by atoms with Crippen LogP contribution in [0.25, 0.3) is 0 Å². The van der Waals surface area contributed by atoms with E-state index in [0.717, 1.165) is 19.4 Å². The highest BCUT2D eigenvalue weighted by atomic mass is 32.2. The van der Waals surface area contributed by atoms with Crippen LogP contribution in [0.3, 0.4) is 0 Å². The van der Waals surface area contributed by atoms with E-state index in [0.29, 0.717) is 6.61 Å². The predicted octanol–water partition coefficient (Wildman–Crippen LogP) is -0.850. The second kappa shape index (κ2) is 5.83. The van der Waals surface area contributed by atoms with Gasteiger partial charge in [0.2, 0.25) is 10.0 Å². The molecule has 2 saturated heterocycles. The van der Waals surface area contributed by atoms with Gasteiger partial charge in [0.1, 0.15) is 0 Å². The van der Waals surface area contributed by atoms with Crippen molar-refractivity contribution in [3.05, 3.63) is 0 Å². The minimum absolute atomic E-state index is 0.0672. The molecule has 2 aliphatic heterocycles. The molecular formula is C11H22N2O4S. The standard InChI is InChI=1S/C11H22N2O4S/c1-9-7-17-11(6-14)5-13(9)18(15,16)8-10-3-2-4-12-10/h9-12,14H,2-8H2,1H3. The molecule has 0 bridgehead atoms. The zero-order chi connectivity index (χ0) is 13.2. The summed E-state index contributed by atoms with van der Waals surface area (Å²) in [6, 6.07) is -0.0863. The zero-order valence-electron chi connectivity index (χ0n) is 10.7. The molecule has 2 heterocycles. The fourth-order valence-electron chi connectivity index (χ4n) is 2.54. The fourth-order valence-corrected chi connectivity index (χ4v) is 4.53. The lowest BCUT2D eigenvalue weighted by molar-refractivity contribution is -0.0516. The van der Waals surface area contributed by atoms with Crippen LogP contribution in [0.2, 0.25) is 0 Å². The first-order valence-electron chi connectivity index (χ1n) is 6.48. The number of sulfonamides is 1. The summed E-state index contributed by atoms with van der Waals surface area (Å²) < 4.78 is 31.6. The molecule has 3 unspecified atom stereocenters. The van der Waals surface area contributed by atoms with Crippen LogP contribution in [0, 0.1) is 0 Å². The highest BCUT2D eigenvalue weighted by molar-refractivity contribution is 7.89. The van der Waals surface area contributed by atoms with Crippen LogP contribution in [0.15, 0.2) is 0 Å². The van der Waals surface area contributed by atoms with Gasteiger partial charge in [0, 0.05) is 18.6 Å². The topological polar surface area (TPSA) is 78.9 Å². The van der Waals surface area contributed by atoms with Gasteiger partial charge in [-0.05, 0) is 26.3 Å². The highest BCUT2D eigenvalue weighted by Gasteiger charge is 2.35. The monoisotopic (exact) mass is 278 g/mol. The van der Waals surface area contributed by atoms with Gasteiger partial charge in [-0.3, -0.25) is 0 Å². The number of hydrogen-bond acceptors (Lipinski definition) is 5. The van der Waals surface area contributed by atoms with E-state index >= 15 is 0 Å². The summed E-state index contributed by atoms with van der Waals surface area (Å²) >= 11 is 0. The molecule has 0 aromatic heterocycles. The Bertz CT molecular complexity index is 367. The summed E-state index contributed by atoms with van der Waals surface area (Å²) in [7, 11) is -3.28. The Morgan fingerprint density at radius 2 is 2.28 bits per heavy atom. The maximum absolute atomic E-state index is 12.4. The molecule has 0 radical (unpaired) electrons. The summed E-state index contributed by atoms with van der Waals surface area (Å²) in [5.41, 5.74) is 0. The fraction of sp³-hybridized carbons (Fsp3) is 1.00. The summed E-state index contributed by atoms with van der Waals surface area (Å²) in [4.78, 5) is 0. The van der Waals surface area contributed by atoms with Gasteiger partial charge in [-0.2, -0.15) is 4.31 Å². The number of aliphatic hydroxyl groups is 1. The van der Waals surface area contributed by atoms with Crippen molar-refractivity contribution in [2.75, 3.05) is 32.1 Å². The Morgan fingerprint density at radius 3 is 2.89 bits per heavy atom. The van der Waals surface area contributed by atoms with Crippen LogP contribution in [0.1, 0.15) is 19.8 Å². The lowest BCUT2D eigenvalue weighted by Gasteiger charge is -2.36. The molecule has 0 aliphatic carbocycles. The van der Waals surface area contributed by atoms with Crippen molar-refractivity contribution >= 4 is 10.0 Å². The molecule has 7 heteroatoms. The van der Waals surface area contributed by atoms with E-state index in [-0.39, 0.29) is 31.0 Å². The van der Waals surface area contributed by atoms with Crippen molar-refractivity contribution in [2.24, 2.45) is 0 Å². The summed E-state index contributed by atoms with van der Waals surface area (Å²) in [6.07, 6.45) is 1.56. The lowest BCUT2D eigenvalue weighted by Crippen LogP contribution is -2.53. The molecule has 0 amide bonds. The number of hydrogen-bond donors (Lipinski definition) is 2. The van der Waals surface area contributed by atoms with E-state index in [2.05, 4.69) is 5.32 Å². The van der Waals surface area contributed by atoms with Crippen LogP contribution in [0.5, 0.6) is 0 Å². The molecule has 3 atom stereocenters. The Labute approximate surface area is 108 Å². The van der Waals surface area contributed by atoms with Crippen molar-refractivity contribution < 1.29 is 18.3 Å². The van der Waals surface area contributed by atoms with Gasteiger partial charge in [0.25, 0.3) is 0 Å². The van der Waals surface area contributed by atoms with Crippen molar-refractivity contribution in [1.29, 1.82) is 0 Å². The molecule has 18 heavy (non-hydrogen) atoms. The van der Waals surface area contributed by atoms with E-state index in [1.807, 2.05) is 6.92 Å². The first-order valence-corrected chi connectivity index (χ1v) is 8.09. The average molecular weight is 278 g/mol. The molecule has 0 spiro atoms. The van der Waals surface area contributed by atoms with Gasteiger partial charge in [-0.25, -0.2) is 8.42 Å². The minimum Gasteiger partial charge on any atom is -0.394 e. The number of aliphatic hydroxyl groups excluding tert-OH is 1. The van der Waals surface area contributed by atoms with Gasteiger partial charge < -0.3 is 15.2 Å². The molecule has 0 aromatic carbocycles. The molecule has 0 aromatic rings. The third-order valence-electron chi connectivity index (χ3n) is 3.58. The molecule has 2 N–H and O–H groups in total. The maximum atomic E-state index is 12.4. The Hall–Kier alpha value is -0.210. The molecule has 2 rings (SSSR count). The third kappa shape index (κ3) is 3.21. The van der Waals surface area contributed by atoms with Crippen molar-refractivity contribution in [3.63, 3.8) is 0 Å². The number of ether oxygens (including phenoxy) is 1. The highest BCUT2D eigenvalue weighted by Crippen LogP contribution is 2.18. The molecule has 2 aliphatic rings. The van der Waals surface area contributed by atoms with E-state index in [1.54, 1.807) is 0 Å². The Balaban J connectivity index is 2.02. The van der Waals surface area contributed by atoms with E-state index in [9.17, 15) is 8.42 Å². The quantitative estimate of drug-likeness (QED) is 0.700. The first-order chi connectivity index (χ1) is 8.53. The normalized spacial score (nSPS) is 34.9. The van der Waals surface area contributed by atoms with E-state index < -0.39 is 16.1 Å². The lowest BCUT2D eigenvalue weighted by atomic mass is 10.2. The van der Waals surface area contributed by atoms with Crippen LogP contribution in [-0.2, 0) is 14.8 Å². The Morgan fingerprint density at radius 1 is 1.50 bits per heavy atom. The van der Waals surface area contributed by atoms with Crippen LogP contribution >= 0.6 is 0 Å². The van der Waals surface area contributed by atoms with Gasteiger partial charge in [0.15, 0.2) is 0 Å². The molecule has 0 saturated carbocycles. The zero-order valence-corrected chi connectivity index (χ0v) is 11.5. The van der Waals surface area contributed by atoms with Gasteiger partial charge >= 0.3 is 0 Å². The van der Waals surface area contributed by atoms with Crippen molar-refractivity contribution in [1.82, 2.24) is 9.62 Å². The number of rotatable bonds is 4. The molecule has 106 valence electrons. The number of morpholine rings is 1. The molecule has 2 fully saturated rings. The second-order valence-corrected chi connectivity index (χ2v) is 7.09. The van der Waals surface area contributed by atoms with Crippen molar-refractivity contribution in [2.45, 2.75) is 38.0 Å². The predicted molar refractivity (Wildman–Crippen MR) is 67.8 cm³/mol. The van der Waals surface area contributed by atoms with Gasteiger partial charge in [-0.15, -0.1) is 0 Å². The Kier molecular flexibility index (Phi) is 4.60. The van der Waals surface area contributed by atoms with Crippen LogP contribution in [0.4, 0.5) is 0 Å². The van der Waals surface area contributed by atoms with E-state index in [1.165, 1.54) is 4.31 Å². The number of nitrogens with one attached hydrogen (secondary N) is 1. The average Bonchev–Trinajstić information content (AvgIpc) is 2.81. The third-order valence-corrected chi connectivity index (χ3v) is 5.63. The van der Waals surface area contributed by atoms with Gasteiger partial charge in [0.05, 0.1) is 25.1 Å². The van der Waals surface area contributed by atoms with Crippen molar-refractivity contribution in [3.8, 4) is 0 Å². The summed E-state index contributed by atoms with van der Waals surface area (Å²) in [6.45, 7) is 3.21. The first kappa shape index (κ1) is 14.2. The van der Waals surface area contributed by atoms with Gasteiger partial charge in [-0.1, -0.05) is 0 Å². The van der Waals surface area contributed by atoms with Crippen LogP contribution in [-0.4, -0.2) is 68.1 Å². The molecule has 6 nitrogen and oxygen atoms in total. The minimum atomic E-state index is -3.28. The van der Waals surface area contributed by atoms with E-state index in [4.69, 9.17) is 9.84 Å². The SMILES string of the molecule is CC1COC(CO)CN1S(=O)(=O)CC1CCCN1. The second-order valence-electron chi connectivity index (χ2n) is 5.13. The smallest absolute Gasteiger partial charge is 0.216 e. The number of nitrogens with zero attached hydrogens (tertiary/aromatic N) is 1. The maximum Gasteiger partial charge on any atom is 0.216 e. The largest absolute Gasteiger partial charge is 0.394 e. The molecular weight excluding hydrogens is 256 g/mol. The summed E-state index contributed by atoms with van der Waals surface area (Å²) in [5, 5.41) is 12.3.